The Hall–Kier alpha value is -2.41. The molecule has 0 aliphatic carbocycles. The molecule has 0 aromatic heterocycles. The van der Waals surface area contributed by atoms with Crippen molar-refractivity contribution >= 4 is 17.8 Å². The monoisotopic (exact) mass is 689 g/mol. The summed E-state index contributed by atoms with van der Waals surface area (Å²) in [7, 11) is 0. The first-order chi connectivity index (χ1) is 23.9. The molecule has 0 saturated heterocycles. The SMILES string of the molecule is CCCCC/C=C\C/C=C\CCCCCCCCCC(=O)OC(/C=C\CCCCCCC)CCCCCCC(=O)NC(CCCN)C(=O)O. The topological polar surface area (TPSA) is 119 Å². The highest BCUT2D eigenvalue weighted by molar-refractivity contribution is 5.83. The lowest BCUT2D eigenvalue weighted by Crippen LogP contribution is -2.40. The molecule has 4 N–H and O–H groups in total. The summed E-state index contributed by atoms with van der Waals surface area (Å²) < 4.78 is 5.90. The Kier molecular flexibility index (Phi) is 35.0. The van der Waals surface area contributed by atoms with Crippen LogP contribution >= 0.6 is 0 Å². The maximum atomic E-state index is 12.7. The predicted octanol–water partition coefficient (Wildman–Crippen LogP) is 11.1. The number of ether oxygens (including phenoxy) is 1. The number of carbonyl (C=O) groups is 3. The van der Waals surface area contributed by atoms with Gasteiger partial charge in [-0.05, 0) is 96.1 Å². The maximum Gasteiger partial charge on any atom is 0.326 e. The Morgan fingerprint density at radius 3 is 1.73 bits per heavy atom. The van der Waals surface area contributed by atoms with Gasteiger partial charge in [0.1, 0.15) is 12.1 Å². The number of carboxylic acids is 1. The lowest BCUT2D eigenvalue weighted by molar-refractivity contribution is -0.147. The van der Waals surface area contributed by atoms with Gasteiger partial charge in [0, 0.05) is 12.8 Å². The van der Waals surface area contributed by atoms with Crippen LogP contribution < -0.4 is 11.1 Å². The number of unbranched alkanes of at least 4 members (excludes halogenated alkanes) is 18. The Labute approximate surface area is 301 Å². The molecule has 7 nitrogen and oxygen atoms in total. The first-order valence-corrected chi connectivity index (χ1v) is 20.3. The van der Waals surface area contributed by atoms with E-state index in [-0.39, 0.29) is 18.0 Å². The molecule has 0 aromatic rings. The molecule has 0 aliphatic heterocycles. The van der Waals surface area contributed by atoms with Crippen molar-refractivity contribution in [3.05, 3.63) is 36.5 Å². The third-order valence-electron chi connectivity index (χ3n) is 8.91. The van der Waals surface area contributed by atoms with Crippen molar-refractivity contribution in [1.82, 2.24) is 5.32 Å². The van der Waals surface area contributed by atoms with E-state index in [0.29, 0.717) is 38.6 Å². The molecular formula is C42H76N2O5. The standard InChI is InChI=1S/C42H76N2O5/c1-3-5-7-9-11-12-13-14-15-16-17-18-19-20-22-24-30-36-41(46)49-38(32-27-23-21-10-8-6-4-2)33-28-25-26-29-35-40(45)44-39(42(47)48)34-31-37-43/h11-12,14-15,27,32,38-39H,3-10,13,16-26,28-31,33-37,43H2,1-2H3,(H,44,45)(H,47,48)/b12-11-,15-14-,32-27-. The van der Waals surface area contributed by atoms with E-state index in [1.165, 1.54) is 96.3 Å². The van der Waals surface area contributed by atoms with E-state index in [2.05, 4.69) is 55.6 Å². The molecule has 0 fully saturated rings. The van der Waals surface area contributed by atoms with Crippen molar-refractivity contribution in [3.63, 3.8) is 0 Å². The van der Waals surface area contributed by atoms with E-state index < -0.39 is 12.0 Å². The van der Waals surface area contributed by atoms with E-state index in [4.69, 9.17) is 10.5 Å². The minimum absolute atomic E-state index is 0.0977. The minimum Gasteiger partial charge on any atom is -0.480 e. The zero-order valence-electron chi connectivity index (χ0n) is 31.8. The first kappa shape index (κ1) is 46.6. The van der Waals surface area contributed by atoms with Crippen LogP contribution in [0.4, 0.5) is 0 Å². The Morgan fingerprint density at radius 2 is 1.12 bits per heavy atom. The number of hydrogen-bond acceptors (Lipinski definition) is 5. The minimum atomic E-state index is -1.02. The number of amides is 1. The molecule has 0 saturated carbocycles. The molecule has 0 radical (unpaired) electrons. The van der Waals surface area contributed by atoms with Gasteiger partial charge in [0.05, 0.1) is 0 Å². The summed E-state index contributed by atoms with van der Waals surface area (Å²) in [5.74, 6) is -1.34. The summed E-state index contributed by atoms with van der Waals surface area (Å²) >= 11 is 0. The van der Waals surface area contributed by atoms with Crippen LogP contribution in [0.2, 0.25) is 0 Å². The van der Waals surface area contributed by atoms with Gasteiger partial charge in [0.15, 0.2) is 0 Å². The molecule has 1 amide bonds. The number of rotatable bonds is 36. The second-order valence-electron chi connectivity index (χ2n) is 13.7. The van der Waals surface area contributed by atoms with Gasteiger partial charge < -0.3 is 20.9 Å². The second kappa shape index (κ2) is 36.9. The van der Waals surface area contributed by atoms with Crippen LogP contribution in [-0.2, 0) is 19.1 Å². The fourth-order valence-electron chi connectivity index (χ4n) is 5.80. The zero-order valence-corrected chi connectivity index (χ0v) is 31.8. The number of allylic oxidation sites excluding steroid dienone is 5. The van der Waals surface area contributed by atoms with Gasteiger partial charge in [-0.1, -0.05) is 128 Å². The predicted molar refractivity (Wildman–Crippen MR) is 207 cm³/mol. The quantitative estimate of drug-likeness (QED) is 0.0342. The number of nitrogens with two attached hydrogens (primary N) is 1. The molecule has 0 aliphatic rings. The normalized spacial score (nSPS) is 13.0. The van der Waals surface area contributed by atoms with E-state index >= 15 is 0 Å². The van der Waals surface area contributed by atoms with E-state index in [0.717, 1.165) is 51.4 Å². The second-order valence-corrected chi connectivity index (χ2v) is 13.7. The van der Waals surface area contributed by atoms with Crippen molar-refractivity contribution in [2.75, 3.05) is 6.54 Å². The molecule has 0 heterocycles. The van der Waals surface area contributed by atoms with Gasteiger partial charge in [0.25, 0.3) is 0 Å². The maximum absolute atomic E-state index is 12.7. The average Bonchev–Trinajstić information content (AvgIpc) is 3.08. The highest BCUT2D eigenvalue weighted by atomic mass is 16.5. The van der Waals surface area contributed by atoms with Gasteiger partial charge >= 0.3 is 11.9 Å². The highest BCUT2D eigenvalue weighted by Gasteiger charge is 2.19. The highest BCUT2D eigenvalue weighted by Crippen LogP contribution is 2.15. The lowest BCUT2D eigenvalue weighted by Gasteiger charge is -2.15. The van der Waals surface area contributed by atoms with Crippen LogP contribution in [-0.4, -0.2) is 41.6 Å². The summed E-state index contributed by atoms with van der Waals surface area (Å²) in [6.07, 6.45) is 42.0. The van der Waals surface area contributed by atoms with Gasteiger partial charge in [-0.25, -0.2) is 4.79 Å². The molecule has 0 rings (SSSR count). The lowest BCUT2D eigenvalue weighted by atomic mass is 10.1. The molecule has 2 unspecified atom stereocenters. The number of aliphatic carboxylic acids is 1. The third kappa shape index (κ3) is 33.8. The summed E-state index contributed by atoms with van der Waals surface area (Å²) in [5, 5.41) is 11.9. The van der Waals surface area contributed by atoms with Gasteiger partial charge in [-0.2, -0.15) is 0 Å². The van der Waals surface area contributed by atoms with E-state index in [1.807, 2.05) is 0 Å². The summed E-state index contributed by atoms with van der Waals surface area (Å²) in [5.41, 5.74) is 5.47. The number of nitrogens with one attached hydrogen (secondary N) is 1. The average molecular weight is 689 g/mol. The van der Waals surface area contributed by atoms with Crippen LogP contribution in [0, 0.1) is 0 Å². The largest absolute Gasteiger partial charge is 0.480 e. The Balaban J connectivity index is 4.23. The van der Waals surface area contributed by atoms with Crippen molar-refractivity contribution in [3.8, 4) is 0 Å². The molecule has 0 spiro atoms. The number of hydrogen-bond donors (Lipinski definition) is 3. The van der Waals surface area contributed by atoms with Gasteiger partial charge in [-0.15, -0.1) is 0 Å². The van der Waals surface area contributed by atoms with Crippen LogP contribution in [0.1, 0.15) is 194 Å². The molecule has 0 aromatic carbocycles. The van der Waals surface area contributed by atoms with Gasteiger partial charge in [-0.3, -0.25) is 9.59 Å². The van der Waals surface area contributed by atoms with E-state index in [9.17, 15) is 19.5 Å². The van der Waals surface area contributed by atoms with Crippen LogP contribution in [0.5, 0.6) is 0 Å². The fourth-order valence-corrected chi connectivity index (χ4v) is 5.80. The molecular weight excluding hydrogens is 612 g/mol. The van der Waals surface area contributed by atoms with Crippen molar-refractivity contribution < 1.29 is 24.2 Å². The summed E-state index contributed by atoms with van der Waals surface area (Å²) in [6.45, 7) is 4.87. The summed E-state index contributed by atoms with van der Waals surface area (Å²) in [4.78, 5) is 36.2. The van der Waals surface area contributed by atoms with Crippen LogP contribution in [0.3, 0.4) is 0 Å². The Bertz CT molecular complexity index is 869. The number of carboxylic acid groups (broad SMARTS) is 1. The first-order valence-electron chi connectivity index (χ1n) is 20.3. The van der Waals surface area contributed by atoms with Crippen molar-refractivity contribution in [2.45, 2.75) is 206 Å². The number of esters is 1. The molecule has 284 valence electrons. The van der Waals surface area contributed by atoms with Crippen molar-refractivity contribution in [1.29, 1.82) is 0 Å². The fraction of sp³-hybridized carbons (Fsp3) is 0.786. The zero-order chi connectivity index (χ0) is 36.0. The van der Waals surface area contributed by atoms with E-state index in [1.54, 1.807) is 0 Å². The van der Waals surface area contributed by atoms with Gasteiger partial charge in [0.2, 0.25) is 5.91 Å². The smallest absolute Gasteiger partial charge is 0.326 e. The molecule has 7 heteroatoms. The number of carbonyl (C=O) groups excluding carboxylic acids is 2. The Morgan fingerprint density at radius 1 is 0.612 bits per heavy atom. The van der Waals surface area contributed by atoms with Crippen molar-refractivity contribution in [2.24, 2.45) is 5.73 Å². The molecule has 2 atom stereocenters. The summed E-state index contributed by atoms with van der Waals surface area (Å²) in [6, 6.07) is -0.870. The molecule has 49 heavy (non-hydrogen) atoms. The third-order valence-corrected chi connectivity index (χ3v) is 8.91. The molecule has 0 bridgehead atoms. The van der Waals surface area contributed by atoms with Crippen LogP contribution in [0.15, 0.2) is 36.5 Å². The van der Waals surface area contributed by atoms with Crippen LogP contribution in [0.25, 0.3) is 0 Å².